The lowest BCUT2D eigenvalue weighted by molar-refractivity contribution is 0.0196. The Morgan fingerprint density at radius 1 is 1.02 bits per heavy atom. The lowest BCUT2D eigenvalue weighted by Crippen LogP contribution is -2.40. The number of rotatable bonds is 11. The summed E-state index contributed by atoms with van der Waals surface area (Å²) in [5.74, 6) is 1.98. The van der Waals surface area contributed by atoms with Crippen LogP contribution in [0.25, 0.3) is 22.4 Å². The first-order valence-electron chi connectivity index (χ1n) is 17.4. The fourth-order valence-corrected chi connectivity index (χ4v) is 8.30. The number of halogens is 1. The van der Waals surface area contributed by atoms with Gasteiger partial charge in [0.2, 0.25) is 8.32 Å². The van der Waals surface area contributed by atoms with Crippen molar-refractivity contribution in [2.45, 2.75) is 121 Å². The number of aliphatic hydroxyl groups is 1. The molecule has 12 heteroatoms. The highest BCUT2D eigenvalue weighted by molar-refractivity contribution is 6.76. The lowest BCUT2D eigenvalue weighted by Gasteiger charge is -2.36. The molecule has 0 radical (unpaired) electrons. The topological polar surface area (TPSA) is 97.1 Å². The highest BCUT2D eigenvalue weighted by atomic mass is 35.5. The van der Waals surface area contributed by atoms with Gasteiger partial charge in [-0.2, -0.15) is 4.98 Å². The van der Waals surface area contributed by atoms with Crippen LogP contribution in [-0.2, 0) is 25.4 Å². The molecule has 262 valence electrons. The van der Waals surface area contributed by atoms with Gasteiger partial charge in [0.15, 0.2) is 23.6 Å². The van der Waals surface area contributed by atoms with Gasteiger partial charge in [0.25, 0.3) is 0 Å². The summed E-state index contributed by atoms with van der Waals surface area (Å²) in [5.41, 5.74) is 4.19. The van der Waals surface area contributed by atoms with E-state index in [0.29, 0.717) is 53.6 Å². The normalized spacial score (nSPS) is 23.5. The predicted octanol–water partition coefficient (Wildman–Crippen LogP) is 8.49. The van der Waals surface area contributed by atoms with E-state index in [1.54, 1.807) is 0 Å². The van der Waals surface area contributed by atoms with E-state index in [-0.39, 0.29) is 24.0 Å². The number of ether oxygens (including phenoxy) is 4. The second kappa shape index (κ2) is 13.7. The van der Waals surface area contributed by atoms with E-state index in [1.165, 1.54) is 5.56 Å². The van der Waals surface area contributed by atoms with Crippen LogP contribution >= 0.6 is 11.6 Å². The second-order valence-corrected chi connectivity index (χ2v) is 27.1. The average molecular weight is 714 g/mol. The molecule has 1 aliphatic carbocycles. The van der Waals surface area contributed by atoms with E-state index in [4.69, 9.17) is 44.9 Å². The van der Waals surface area contributed by atoms with Crippen LogP contribution in [-0.4, -0.2) is 74.2 Å². The van der Waals surface area contributed by atoms with E-state index in [0.717, 1.165) is 48.8 Å². The first-order valence-corrected chi connectivity index (χ1v) is 24.3. The third-order valence-corrected chi connectivity index (χ3v) is 16.7. The Hall–Kier alpha value is -2.42. The van der Waals surface area contributed by atoms with Gasteiger partial charge >= 0.3 is 6.01 Å². The van der Waals surface area contributed by atoms with Crippen LogP contribution < -0.4 is 4.74 Å². The zero-order valence-corrected chi connectivity index (χ0v) is 32.5. The summed E-state index contributed by atoms with van der Waals surface area (Å²) in [7, 11) is -3.34. The van der Waals surface area contributed by atoms with E-state index in [2.05, 4.69) is 77.8 Å². The number of nitrogens with zero attached hydrogens (tertiary/aromatic N) is 3. The molecule has 6 rings (SSSR count). The summed E-state index contributed by atoms with van der Waals surface area (Å²) < 4.78 is 33.6. The van der Waals surface area contributed by atoms with Crippen LogP contribution in [0, 0.1) is 0 Å². The summed E-state index contributed by atoms with van der Waals surface area (Å²) in [5, 5.41) is 10.5. The van der Waals surface area contributed by atoms with Gasteiger partial charge < -0.3 is 28.5 Å². The molecule has 0 spiro atoms. The van der Waals surface area contributed by atoms with Crippen LogP contribution in [0.4, 0.5) is 0 Å². The molecule has 48 heavy (non-hydrogen) atoms. The van der Waals surface area contributed by atoms with Crippen LogP contribution in [0.1, 0.15) is 57.9 Å². The van der Waals surface area contributed by atoms with Gasteiger partial charge in [-0.3, -0.25) is 4.57 Å². The summed E-state index contributed by atoms with van der Waals surface area (Å²) in [6, 6.07) is 11.8. The zero-order chi connectivity index (χ0) is 34.4. The van der Waals surface area contributed by atoms with Crippen LogP contribution in [0.5, 0.6) is 6.01 Å². The summed E-state index contributed by atoms with van der Waals surface area (Å²) >= 11 is 6.86. The number of imidazole rings is 1. The number of hydrogen-bond acceptors (Lipinski definition) is 8. The minimum absolute atomic E-state index is 0.0581. The monoisotopic (exact) mass is 713 g/mol. The van der Waals surface area contributed by atoms with Crippen LogP contribution in [0.15, 0.2) is 41.9 Å². The molecule has 0 bridgehead atoms. The molecule has 2 aliphatic heterocycles. The molecule has 1 N–H and O–H groups in total. The molecule has 3 aliphatic rings. The third kappa shape index (κ3) is 7.66. The minimum Gasteiger partial charge on any atom is -0.542 e. The Labute approximate surface area is 292 Å². The van der Waals surface area contributed by atoms with Gasteiger partial charge in [-0.25, -0.2) is 4.98 Å². The lowest BCUT2D eigenvalue weighted by atomic mass is 9.82. The zero-order valence-electron chi connectivity index (χ0n) is 29.8. The number of aliphatic hydroxyl groups excluding tert-OH is 1. The number of aromatic nitrogens is 3. The standard InChI is InChI=1S/C36H52ClN3O6Si2/c1-36(2,3)48(7,8)46-30-21-44-32-29(20-43-33(30)32)45-35-38-28-19-27(37)31(39-34(28)40(35)22-42-17-18-47(4,5)6)25-11-9-23(10-12-25)24-13-15-26(41)16-14-24/h9-12,19,24,26,29,32,41H,13-18,20-22H2,1-8H3. The molecule has 3 aromatic rings. The van der Waals surface area contributed by atoms with E-state index in [9.17, 15) is 5.11 Å². The molecular weight excluding hydrogens is 662 g/mol. The molecule has 9 nitrogen and oxygen atoms in total. The summed E-state index contributed by atoms with van der Waals surface area (Å²) in [6.45, 7) is 19.7. The van der Waals surface area contributed by atoms with Crippen molar-refractivity contribution in [1.82, 2.24) is 14.5 Å². The first-order chi connectivity index (χ1) is 22.6. The van der Waals surface area contributed by atoms with E-state index in [1.807, 2.05) is 10.6 Å². The number of benzene rings is 1. The highest BCUT2D eigenvalue weighted by Crippen LogP contribution is 2.42. The molecule has 2 fully saturated rings. The highest BCUT2D eigenvalue weighted by Gasteiger charge is 2.47. The average Bonchev–Trinajstić information content (AvgIpc) is 3.69. The molecular formula is C36H52ClN3O6Si2. The predicted molar refractivity (Wildman–Crippen MR) is 195 cm³/mol. The maximum atomic E-state index is 9.94. The van der Waals surface area contributed by atoms with Crippen molar-refractivity contribution in [3.63, 3.8) is 0 Å². The Morgan fingerprint density at radius 3 is 2.40 bits per heavy atom. The molecule has 1 saturated carbocycles. The second-order valence-electron chi connectivity index (χ2n) is 16.3. The number of hydrogen-bond donors (Lipinski definition) is 1. The largest absolute Gasteiger partial charge is 0.542 e. The molecule has 2 atom stereocenters. The van der Waals surface area contributed by atoms with Gasteiger partial charge in [-0.05, 0) is 67.4 Å². The molecule has 1 saturated heterocycles. The molecule has 0 amide bonds. The van der Waals surface area contributed by atoms with Crippen molar-refractivity contribution in [3.8, 4) is 17.3 Å². The van der Waals surface area contributed by atoms with Crippen LogP contribution in [0.2, 0.25) is 48.8 Å². The first kappa shape index (κ1) is 35.4. The van der Waals surface area contributed by atoms with Crippen molar-refractivity contribution >= 4 is 39.2 Å². The Morgan fingerprint density at radius 2 is 1.73 bits per heavy atom. The number of pyridine rings is 1. The quantitative estimate of drug-likeness (QED) is 0.156. The number of fused-ring (bicyclic) bond motifs is 2. The smallest absolute Gasteiger partial charge is 0.301 e. The van der Waals surface area contributed by atoms with Crippen molar-refractivity contribution in [1.29, 1.82) is 0 Å². The SMILES string of the molecule is CC(C)(C)[Si](C)(C)OC1=C2OCC(Oc3nc4cc(Cl)c(-c5ccc(C6CCC(O)CC6)cc5)nc4n3COCC[Si](C)(C)C)C2OC1. The minimum atomic E-state index is -2.06. The van der Waals surface area contributed by atoms with Gasteiger partial charge in [-0.15, -0.1) is 0 Å². The van der Waals surface area contributed by atoms with Crippen LogP contribution in [0.3, 0.4) is 0 Å². The van der Waals surface area contributed by atoms with Gasteiger partial charge in [0.1, 0.15) is 31.2 Å². The molecule has 4 heterocycles. The van der Waals surface area contributed by atoms with Crippen molar-refractivity contribution in [2.75, 3.05) is 19.8 Å². The van der Waals surface area contributed by atoms with E-state index >= 15 is 0 Å². The molecule has 1 aromatic carbocycles. The fraction of sp³-hybridized carbons (Fsp3) is 0.611. The summed E-state index contributed by atoms with van der Waals surface area (Å²) in [4.78, 5) is 9.91. The maximum Gasteiger partial charge on any atom is 0.301 e. The fourth-order valence-electron chi connectivity index (χ4n) is 6.21. The van der Waals surface area contributed by atoms with Crippen molar-refractivity contribution < 1.29 is 28.5 Å². The van der Waals surface area contributed by atoms with Crippen molar-refractivity contribution in [2.24, 2.45) is 0 Å². The van der Waals surface area contributed by atoms with Crippen molar-refractivity contribution in [3.05, 3.63) is 52.4 Å². The van der Waals surface area contributed by atoms with E-state index < -0.39 is 22.5 Å². The van der Waals surface area contributed by atoms with Gasteiger partial charge in [0.05, 0.1) is 16.8 Å². The Balaban J connectivity index is 1.27. The third-order valence-electron chi connectivity index (χ3n) is 10.3. The van der Waals surface area contributed by atoms with Gasteiger partial charge in [-0.1, -0.05) is 76.3 Å². The molecule has 2 unspecified atom stereocenters. The molecule has 2 aromatic heterocycles. The Kier molecular flexibility index (Phi) is 10.1. The van der Waals surface area contributed by atoms with Gasteiger partial charge in [0, 0.05) is 20.2 Å². The maximum absolute atomic E-state index is 9.94. The summed E-state index contributed by atoms with van der Waals surface area (Å²) in [6.07, 6.45) is 2.78. The Bertz CT molecular complexity index is 1640.